The minimum atomic E-state index is -0.300. The zero-order chi connectivity index (χ0) is 13.5. The predicted molar refractivity (Wildman–Crippen MR) is 92.7 cm³/mol. The van der Waals surface area contributed by atoms with Crippen LogP contribution in [0.2, 0.25) is 0 Å². The summed E-state index contributed by atoms with van der Waals surface area (Å²) in [6, 6.07) is 6.08. The van der Waals surface area contributed by atoms with Gasteiger partial charge in [-0.1, -0.05) is 6.07 Å². The van der Waals surface area contributed by atoms with Crippen molar-refractivity contribution in [3.05, 3.63) is 30.1 Å². The molecule has 0 amide bonds. The summed E-state index contributed by atoms with van der Waals surface area (Å²) < 4.78 is 18.3. The van der Waals surface area contributed by atoms with Crippen molar-refractivity contribution in [2.24, 2.45) is 10.7 Å². The van der Waals surface area contributed by atoms with Gasteiger partial charge in [0.15, 0.2) is 5.96 Å². The van der Waals surface area contributed by atoms with Crippen molar-refractivity contribution >= 4 is 41.7 Å². The first-order valence-corrected chi connectivity index (χ1v) is 7.42. The maximum atomic E-state index is 12.9. The molecule has 1 aliphatic heterocycles. The van der Waals surface area contributed by atoms with E-state index in [1.807, 2.05) is 11.8 Å². The van der Waals surface area contributed by atoms with Crippen molar-refractivity contribution in [2.45, 2.75) is 0 Å². The van der Waals surface area contributed by atoms with Gasteiger partial charge in [0, 0.05) is 30.7 Å². The smallest absolute Gasteiger partial charge is 0.191 e. The third kappa shape index (κ3) is 5.74. The number of thioether (sulfide) groups is 1. The average Bonchev–Trinajstić information content (AvgIpc) is 2.44. The van der Waals surface area contributed by atoms with Gasteiger partial charge in [-0.25, -0.2) is 9.38 Å². The molecule has 0 aliphatic carbocycles. The number of rotatable bonds is 4. The van der Waals surface area contributed by atoms with Crippen LogP contribution in [0.1, 0.15) is 0 Å². The van der Waals surface area contributed by atoms with Crippen LogP contribution in [0.15, 0.2) is 29.3 Å². The van der Waals surface area contributed by atoms with Crippen LogP contribution in [-0.4, -0.2) is 48.6 Å². The predicted octanol–water partition coefficient (Wildman–Crippen LogP) is 2.19. The largest absolute Gasteiger partial charge is 0.492 e. The van der Waals surface area contributed by atoms with E-state index in [2.05, 4.69) is 9.89 Å². The monoisotopic (exact) mass is 411 g/mol. The highest BCUT2D eigenvalue weighted by atomic mass is 127. The first kappa shape index (κ1) is 17.4. The topological polar surface area (TPSA) is 50.9 Å². The minimum absolute atomic E-state index is 0. The molecule has 0 saturated carbocycles. The highest BCUT2D eigenvalue weighted by molar-refractivity contribution is 14.0. The minimum Gasteiger partial charge on any atom is -0.492 e. The maximum absolute atomic E-state index is 12.9. The van der Waals surface area contributed by atoms with Gasteiger partial charge in [-0.15, -0.1) is 24.0 Å². The second-order valence-electron chi connectivity index (χ2n) is 4.15. The van der Waals surface area contributed by atoms with Gasteiger partial charge in [-0.2, -0.15) is 11.8 Å². The van der Waals surface area contributed by atoms with Gasteiger partial charge >= 0.3 is 0 Å². The second-order valence-corrected chi connectivity index (χ2v) is 5.37. The first-order valence-electron chi connectivity index (χ1n) is 6.27. The van der Waals surface area contributed by atoms with Crippen LogP contribution in [0.25, 0.3) is 0 Å². The Kier molecular flexibility index (Phi) is 8.05. The normalized spacial score (nSPS) is 15.7. The molecule has 1 heterocycles. The number of hydrogen-bond donors (Lipinski definition) is 1. The Labute approximate surface area is 140 Å². The fourth-order valence-corrected chi connectivity index (χ4v) is 2.68. The SMILES string of the molecule is I.NC(=NCCOc1cccc(F)c1)N1CCSCC1. The van der Waals surface area contributed by atoms with Gasteiger partial charge in [0.2, 0.25) is 0 Å². The lowest BCUT2D eigenvalue weighted by Crippen LogP contribution is -2.42. The Morgan fingerprint density at radius 3 is 2.85 bits per heavy atom. The number of ether oxygens (including phenoxy) is 1. The van der Waals surface area contributed by atoms with Gasteiger partial charge in [-0.3, -0.25) is 0 Å². The Hall–Kier alpha value is -0.700. The van der Waals surface area contributed by atoms with Crippen LogP contribution in [0, 0.1) is 5.82 Å². The molecule has 0 unspecified atom stereocenters. The quantitative estimate of drug-likeness (QED) is 0.357. The van der Waals surface area contributed by atoms with Gasteiger partial charge in [0.05, 0.1) is 6.54 Å². The van der Waals surface area contributed by atoms with Gasteiger partial charge in [-0.05, 0) is 12.1 Å². The molecule has 7 heteroatoms. The average molecular weight is 411 g/mol. The molecular weight excluding hydrogens is 392 g/mol. The van der Waals surface area contributed by atoms with E-state index in [0.717, 1.165) is 24.6 Å². The lowest BCUT2D eigenvalue weighted by molar-refractivity contribution is 0.325. The number of aliphatic imine (C=N–C) groups is 1. The zero-order valence-corrected chi connectivity index (χ0v) is 14.3. The van der Waals surface area contributed by atoms with Crippen LogP contribution in [0.5, 0.6) is 5.75 Å². The van der Waals surface area contributed by atoms with E-state index in [9.17, 15) is 4.39 Å². The van der Waals surface area contributed by atoms with E-state index in [0.29, 0.717) is 24.9 Å². The van der Waals surface area contributed by atoms with Crippen molar-refractivity contribution in [3.8, 4) is 5.75 Å². The van der Waals surface area contributed by atoms with Crippen LogP contribution >= 0.6 is 35.7 Å². The lowest BCUT2D eigenvalue weighted by atomic mass is 10.3. The summed E-state index contributed by atoms with van der Waals surface area (Å²) in [4.78, 5) is 6.36. The summed E-state index contributed by atoms with van der Waals surface area (Å²) in [5.41, 5.74) is 5.90. The zero-order valence-electron chi connectivity index (χ0n) is 11.1. The molecule has 0 spiro atoms. The standard InChI is InChI=1S/C13H18FN3OS.HI/c14-11-2-1-3-12(10-11)18-7-4-16-13(15)17-5-8-19-9-6-17;/h1-3,10H,4-9H2,(H2,15,16);1H. The molecule has 112 valence electrons. The highest BCUT2D eigenvalue weighted by Crippen LogP contribution is 2.11. The molecule has 1 aromatic rings. The number of halogens is 2. The molecule has 0 atom stereocenters. The van der Waals surface area contributed by atoms with Crippen LogP contribution in [-0.2, 0) is 0 Å². The van der Waals surface area contributed by atoms with Crippen molar-refractivity contribution < 1.29 is 9.13 Å². The molecule has 1 fully saturated rings. The number of hydrogen-bond acceptors (Lipinski definition) is 3. The molecule has 2 N–H and O–H groups in total. The van der Waals surface area contributed by atoms with Gasteiger partial charge < -0.3 is 15.4 Å². The van der Waals surface area contributed by atoms with E-state index in [1.54, 1.807) is 12.1 Å². The Morgan fingerprint density at radius 1 is 1.40 bits per heavy atom. The molecular formula is C13H19FIN3OS. The fourth-order valence-electron chi connectivity index (χ4n) is 1.77. The third-order valence-corrected chi connectivity index (χ3v) is 3.71. The molecule has 0 aromatic heterocycles. The summed E-state index contributed by atoms with van der Waals surface area (Å²) in [5, 5.41) is 0. The van der Waals surface area contributed by atoms with E-state index in [1.165, 1.54) is 12.1 Å². The highest BCUT2D eigenvalue weighted by Gasteiger charge is 2.11. The summed E-state index contributed by atoms with van der Waals surface area (Å²) in [6.45, 7) is 2.77. The fraction of sp³-hybridized carbons (Fsp3) is 0.462. The van der Waals surface area contributed by atoms with Crippen LogP contribution < -0.4 is 10.5 Å². The molecule has 4 nitrogen and oxygen atoms in total. The number of nitrogens with two attached hydrogens (primary N) is 1. The van der Waals surface area contributed by atoms with Crippen LogP contribution in [0.4, 0.5) is 4.39 Å². The Morgan fingerprint density at radius 2 is 2.15 bits per heavy atom. The summed E-state index contributed by atoms with van der Waals surface area (Å²) in [5.74, 6) is 2.98. The molecule has 1 aliphatic rings. The lowest BCUT2D eigenvalue weighted by Gasteiger charge is -2.27. The summed E-state index contributed by atoms with van der Waals surface area (Å²) in [7, 11) is 0. The summed E-state index contributed by atoms with van der Waals surface area (Å²) in [6.07, 6.45) is 0. The molecule has 2 rings (SSSR count). The van der Waals surface area contributed by atoms with Crippen molar-refractivity contribution in [1.29, 1.82) is 0 Å². The van der Waals surface area contributed by atoms with E-state index in [4.69, 9.17) is 10.5 Å². The molecule has 0 bridgehead atoms. The van der Waals surface area contributed by atoms with E-state index >= 15 is 0 Å². The van der Waals surface area contributed by atoms with Crippen LogP contribution in [0.3, 0.4) is 0 Å². The van der Waals surface area contributed by atoms with Crippen molar-refractivity contribution in [1.82, 2.24) is 4.90 Å². The van der Waals surface area contributed by atoms with Crippen molar-refractivity contribution in [3.63, 3.8) is 0 Å². The maximum Gasteiger partial charge on any atom is 0.191 e. The third-order valence-electron chi connectivity index (χ3n) is 2.76. The van der Waals surface area contributed by atoms with E-state index in [-0.39, 0.29) is 29.8 Å². The Bertz CT molecular complexity index is 441. The first-order chi connectivity index (χ1) is 9.25. The van der Waals surface area contributed by atoms with Gasteiger partial charge in [0.25, 0.3) is 0 Å². The molecule has 0 radical (unpaired) electrons. The molecule has 1 aromatic carbocycles. The molecule has 20 heavy (non-hydrogen) atoms. The number of benzene rings is 1. The number of guanidine groups is 1. The Balaban J connectivity index is 0.00000200. The number of nitrogens with zero attached hydrogens (tertiary/aromatic N) is 2. The summed E-state index contributed by atoms with van der Waals surface area (Å²) >= 11 is 1.93. The second kappa shape index (κ2) is 9.28. The molecule has 1 saturated heterocycles. The van der Waals surface area contributed by atoms with E-state index < -0.39 is 0 Å². The van der Waals surface area contributed by atoms with Gasteiger partial charge in [0.1, 0.15) is 18.2 Å². The van der Waals surface area contributed by atoms with Crippen molar-refractivity contribution in [2.75, 3.05) is 37.7 Å².